The van der Waals surface area contributed by atoms with E-state index in [-0.39, 0.29) is 24.4 Å². The van der Waals surface area contributed by atoms with Gasteiger partial charge in [0.15, 0.2) is 0 Å². The summed E-state index contributed by atoms with van der Waals surface area (Å²) in [4.78, 5) is 31.9. The Hall–Kier alpha value is -2.74. The van der Waals surface area contributed by atoms with Crippen LogP contribution in [-0.4, -0.2) is 55.5 Å². The number of ether oxygens (including phenoxy) is 2. The Morgan fingerprint density at radius 1 is 1.06 bits per heavy atom. The summed E-state index contributed by atoms with van der Waals surface area (Å²) in [6.45, 7) is 2.91. The normalized spacial score (nSPS) is 14.8. The molecule has 190 valence electrons. The third kappa shape index (κ3) is 5.48. The molecule has 0 radical (unpaired) electrons. The zero-order chi connectivity index (χ0) is 25.8. The number of carbonyl (C=O) groups is 2. The van der Waals surface area contributed by atoms with Crippen LogP contribution in [0.3, 0.4) is 0 Å². The van der Waals surface area contributed by atoms with Crippen molar-refractivity contribution in [3.8, 4) is 11.5 Å². The number of amides is 2. The largest absolute Gasteiger partial charge is 0.497 e. The van der Waals surface area contributed by atoms with Crippen molar-refractivity contribution in [1.29, 1.82) is 0 Å². The van der Waals surface area contributed by atoms with E-state index in [9.17, 15) is 9.59 Å². The van der Waals surface area contributed by atoms with Gasteiger partial charge in [0, 0.05) is 39.6 Å². The average molecular weight is 548 g/mol. The highest BCUT2D eigenvalue weighted by Crippen LogP contribution is 2.41. The SMILES string of the molecule is CCCN(CC(=O)N1CCc2sccc2C1c1ccc(Cl)cc1Cl)C(=O)c1cc(OC)cc(OC)c1. The first-order valence-corrected chi connectivity index (χ1v) is 13.3. The predicted octanol–water partition coefficient (Wildman–Crippen LogP) is 6.10. The first kappa shape index (κ1) is 26.3. The van der Waals surface area contributed by atoms with Crippen molar-refractivity contribution in [2.75, 3.05) is 33.9 Å². The lowest BCUT2D eigenvalue weighted by Crippen LogP contribution is -2.47. The van der Waals surface area contributed by atoms with Crippen LogP contribution in [0.1, 0.15) is 45.7 Å². The van der Waals surface area contributed by atoms with Gasteiger partial charge in [-0.15, -0.1) is 11.3 Å². The molecular formula is C27H28Cl2N2O4S. The molecule has 1 unspecified atom stereocenters. The minimum Gasteiger partial charge on any atom is -0.497 e. The van der Waals surface area contributed by atoms with E-state index in [4.69, 9.17) is 32.7 Å². The summed E-state index contributed by atoms with van der Waals surface area (Å²) in [6, 6.07) is 12.1. The zero-order valence-electron chi connectivity index (χ0n) is 20.4. The van der Waals surface area contributed by atoms with E-state index >= 15 is 0 Å². The van der Waals surface area contributed by atoms with E-state index in [2.05, 4.69) is 0 Å². The summed E-state index contributed by atoms with van der Waals surface area (Å²) >= 11 is 14.4. The third-order valence-corrected chi connectivity index (χ3v) is 7.81. The Kier molecular flexibility index (Phi) is 8.44. The maximum Gasteiger partial charge on any atom is 0.254 e. The quantitative estimate of drug-likeness (QED) is 0.342. The van der Waals surface area contributed by atoms with Crippen LogP contribution in [-0.2, 0) is 11.2 Å². The van der Waals surface area contributed by atoms with Crippen LogP contribution in [0.4, 0.5) is 0 Å². The fraction of sp³-hybridized carbons (Fsp3) is 0.333. The van der Waals surface area contributed by atoms with Crippen molar-refractivity contribution in [1.82, 2.24) is 9.80 Å². The van der Waals surface area contributed by atoms with E-state index in [0.29, 0.717) is 46.6 Å². The van der Waals surface area contributed by atoms with E-state index in [0.717, 1.165) is 17.5 Å². The average Bonchev–Trinajstić information content (AvgIpc) is 3.36. The van der Waals surface area contributed by atoms with Gasteiger partial charge in [0.25, 0.3) is 5.91 Å². The lowest BCUT2D eigenvalue weighted by molar-refractivity contribution is -0.134. The first-order chi connectivity index (χ1) is 17.4. The number of carbonyl (C=O) groups excluding carboxylic acids is 2. The lowest BCUT2D eigenvalue weighted by Gasteiger charge is -2.38. The monoisotopic (exact) mass is 546 g/mol. The van der Waals surface area contributed by atoms with Crippen LogP contribution in [0.25, 0.3) is 0 Å². The minimum absolute atomic E-state index is 0.0482. The molecule has 0 aliphatic carbocycles. The Balaban J connectivity index is 1.64. The molecule has 0 saturated heterocycles. The number of nitrogens with zero attached hydrogens (tertiary/aromatic N) is 2. The zero-order valence-corrected chi connectivity index (χ0v) is 22.8. The molecule has 0 bridgehead atoms. The molecule has 6 nitrogen and oxygen atoms in total. The van der Waals surface area contributed by atoms with Crippen molar-refractivity contribution in [2.45, 2.75) is 25.8 Å². The Bertz CT molecular complexity index is 1240. The molecular weight excluding hydrogens is 519 g/mol. The summed E-state index contributed by atoms with van der Waals surface area (Å²) in [6.07, 6.45) is 1.47. The van der Waals surface area contributed by atoms with Crippen molar-refractivity contribution < 1.29 is 19.1 Å². The van der Waals surface area contributed by atoms with Gasteiger partial charge in [-0.1, -0.05) is 36.2 Å². The summed E-state index contributed by atoms with van der Waals surface area (Å²) in [5.41, 5.74) is 2.29. The van der Waals surface area contributed by atoms with Crippen molar-refractivity contribution in [3.63, 3.8) is 0 Å². The van der Waals surface area contributed by atoms with E-state index in [1.165, 1.54) is 19.1 Å². The molecule has 1 aliphatic heterocycles. The van der Waals surface area contributed by atoms with Gasteiger partial charge >= 0.3 is 0 Å². The highest BCUT2D eigenvalue weighted by Gasteiger charge is 2.35. The van der Waals surface area contributed by atoms with Gasteiger partial charge in [-0.05, 0) is 59.7 Å². The smallest absolute Gasteiger partial charge is 0.254 e. The van der Waals surface area contributed by atoms with Gasteiger partial charge in [-0.25, -0.2) is 0 Å². The molecule has 36 heavy (non-hydrogen) atoms. The van der Waals surface area contributed by atoms with Gasteiger partial charge in [0.1, 0.15) is 18.0 Å². The minimum atomic E-state index is -0.340. The summed E-state index contributed by atoms with van der Waals surface area (Å²) in [5, 5.41) is 3.09. The van der Waals surface area contributed by atoms with E-state index in [1.807, 2.05) is 29.3 Å². The van der Waals surface area contributed by atoms with Crippen LogP contribution < -0.4 is 9.47 Å². The molecule has 0 saturated carbocycles. The molecule has 1 aromatic heterocycles. The van der Waals surface area contributed by atoms with Gasteiger partial charge in [-0.3, -0.25) is 9.59 Å². The standard InChI is InChI=1S/C27H28Cl2N2O4S/c1-4-9-30(27(33)17-12-19(34-2)15-20(13-17)35-3)16-25(32)31-10-7-24-22(8-11-36-24)26(31)21-6-5-18(28)14-23(21)29/h5-6,8,11-15,26H,4,7,9-10,16H2,1-3H3. The van der Waals surface area contributed by atoms with Crippen molar-refractivity contribution in [2.24, 2.45) is 0 Å². The number of hydrogen-bond donors (Lipinski definition) is 0. The second-order valence-corrected chi connectivity index (χ2v) is 10.4. The molecule has 0 N–H and O–H groups in total. The van der Waals surface area contributed by atoms with Crippen molar-refractivity contribution in [3.05, 3.63) is 79.5 Å². The molecule has 2 amide bonds. The van der Waals surface area contributed by atoms with Gasteiger partial charge in [0.05, 0.1) is 20.3 Å². The Morgan fingerprint density at radius 2 is 1.78 bits per heavy atom. The van der Waals surface area contributed by atoms with Gasteiger partial charge < -0.3 is 19.3 Å². The lowest BCUT2D eigenvalue weighted by atomic mass is 9.93. The molecule has 3 aromatic rings. The number of benzene rings is 2. The Labute approximate surface area is 225 Å². The van der Waals surface area contributed by atoms with Crippen LogP contribution in [0.15, 0.2) is 47.8 Å². The fourth-order valence-corrected chi connectivity index (χ4v) is 5.95. The maximum atomic E-state index is 13.8. The highest BCUT2D eigenvalue weighted by atomic mass is 35.5. The molecule has 2 heterocycles. The third-order valence-electron chi connectivity index (χ3n) is 6.25. The number of halogens is 2. The van der Waals surface area contributed by atoms with E-state index in [1.54, 1.807) is 46.6 Å². The van der Waals surface area contributed by atoms with Crippen molar-refractivity contribution >= 4 is 46.4 Å². The maximum absolute atomic E-state index is 13.8. The second-order valence-electron chi connectivity index (χ2n) is 8.53. The van der Waals surface area contributed by atoms with Crippen LogP contribution in [0, 0.1) is 0 Å². The summed E-state index contributed by atoms with van der Waals surface area (Å²) in [5.74, 6) is 0.633. The van der Waals surface area contributed by atoms with Gasteiger partial charge in [0.2, 0.25) is 5.91 Å². The number of fused-ring (bicyclic) bond motifs is 1. The van der Waals surface area contributed by atoms with Crippen LogP contribution in [0.5, 0.6) is 11.5 Å². The number of hydrogen-bond acceptors (Lipinski definition) is 5. The number of thiophene rings is 1. The molecule has 4 rings (SSSR count). The molecule has 9 heteroatoms. The second kappa shape index (κ2) is 11.5. The molecule has 0 spiro atoms. The predicted molar refractivity (Wildman–Crippen MR) is 144 cm³/mol. The Morgan fingerprint density at radius 3 is 2.42 bits per heavy atom. The molecule has 1 aliphatic rings. The highest BCUT2D eigenvalue weighted by molar-refractivity contribution is 7.10. The molecule has 1 atom stereocenters. The topological polar surface area (TPSA) is 59.1 Å². The fourth-order valence-electron chi connectivity index (χ4n) is 4.53. The van der Waals surface area contributed by atoms with E-state index < -0.39 is 0 Å². The summed E-state index contributed by atoms with van der Waals surface area (Å²) in [7, 11) is 3.07. The summed E-state index contributed by atoms with van der Waals surface area (Å²) < 4.78 is 10.6. The number of methoxy groups -OCH3 is 2. The molecule has 2 aromatic carbocycles. The van der Waals surface area contributed by atoms with Crippen LogP contribution >= 0.6 is 34.5 Å². The first-order valence-electron chi connectivity index (χ1n) is 11.7. The van der Waals surface area contributed by atoms with Crippen LogP contribution in [0.2, 0.25) is 10.0 Å². The van der Waals surface area contributed by atoms with Gasteiger partial charge in [-0.2, -0.15) is 0 Å². The molecule has 0 fully saturated rings. The number of rotatable bonds is 8.